The van der Waals surface area contributed by atoms with E-state index in [0.29, 0.717) is 12.4 Å². The Morgan fingerprint density at radius 2 is 1.56 bits per heavy atom. The average Bonchev–Trinajstić information content (AvgIpc) is 2.92. The van der Waals surface area contributed by atoms with Crippen LogP contribution in [-0.2, 0) is 32.2 Å². The zero-order valence-electron chi connectivity index (χ0n) is 20.8. The molecule has 36 heavy (non-hydrogen) atoms. The van der Waals surface area contributed by atoms with E-state index >= 15 is 0 Å². The maximum atomic E-state index is 13.5. The number of hydrogen-bond donors (Lipinski definition) is 0. The van der Waals surface area contributed by atoms with Crippen LogP contribution >= 0.6 is 0 Å². The van der Waals surface area contributed by atoms with Gasteiger partial charge in [0.25, 0.3) is 0 Å². The molecule has 0 aliphatic carbocycles. The molecule has 3 aromatic rings. The van der Waals surface area contributed by atoms with Gasteiger partial charge in [0.05, 0.1) is 11.5 Å². The van der Waals surface area contributed by atoms with Gasteiger partial charge in [0.2, 0.25) is 0 Å². The lowest BCUT2D eigenvalue weighted by Crippen LogP contribution is -2.50. The molecule has 1 saturated heterocycles. The van der Waals surface area contributed by atoms with Crippen LogP contribution in [0.25, 0.3) is 0 Å². The molecule has 6 heteroatoms. The van der Waals surface area contributed by atoms with Crippen molar-refractivity contribution in [3.05, 3.63) is 95.6 Å². The number of hydrogen-bond acceptors (Lipinski definition) is 5. The van der Waals surface area contributed by atoms with E-state index in [4.69, 9.17) is 9.47 Å². The quantitative estimate of drug-likeness (QED) is 0.317. The summed E-state index contributed by atoms with van der Waals surface area (Å²) in [4.78, 5) is 12.9. The molecule has 0 unspecified atom stereocenters. The van der Waals surface area contributed by atoms with Crippen LogP contribution in [0.1, 0.15) is 49.3 Å². The molecular formula is C30H34O5S. The Bertz CT molecular complexity index is 1240. The first-order valence-electron chi connectivity index (χ1n) is 12.6. The highest BCUT2D eigenvalue weighted by atomic mass is 32.2. The second-order valence-electron chi connectivity index (χ2n) is 9.29. The topological polar surface area (TPSA) is 69.7 Å². The second kappa shape index (κ2) is 11.8. The van der Waals surface area contributed by atoms with Crippen molar-refractivity contribution < 1.29 is 22.7 Å². The number of carbonyl (C=O) groups is 1. The van der Waals surface area contributed by atoms with Crippen LogP contribution in [0, 0.1) is 0 Å². The number of carbonyl (C=O) groups excluding carboxylic acids is 1. The highest BCUT2D eigenvalue weighted by Gasteiger charge is 2.50. The van der Waals surface area contributed by atoms with Gasteiger partial charge in [0, 0.05) is 19.6 Å². The Morgan fingerprint density at radius 1 is 0.889 bits per heavy atom. The molecule has 0 saturated carbocycles. The number of ether oxygens (including phenoxy) is 2. The third-order valence-corrected chi connectivity index (χ3v) is 9.46. The SMILES string of the molecule is CCC(=O)C1(S(=O)(=O)c2ccc(OCCCc3cccc(Cc4ccccc4)c3)cc2)CCOCC1. The highest BCUT2D eigenvalue weighted by Crippen LogP contribution is 2.37. The normalized spacial score (nSPS) is 15.4. The van der Waals surface area contributed by atoms with Crippen molar-refractivity contribution in [3.8, 4) is 5.75 Å². The molecule has 0 amide bonds. The van der Waals surface area contributed by atoms with Gasteiger partial charge in [0.15, 0.2) is 15.6 Å². The highest BCUT2D eigenvalue weighted by molar-refractivity contribution is 7.93. The van der Waals surface area contributed by atoms with Crippen LogP contribution in [-0.4, -0.2) is 38.8 Å². The first-order chi connectivity index (χ1) is 17.4. The minimum Gasteiger partial charge on any atom is -0.494 e. The molecule has 1 heterocycles. The van der Waals surface area contributed by atoms with Gasteiger partial charge in [-0.05, 0) is 73.1 Å². The molecule has 0 bridgehead atoms. The van der Waals surface area contributed by atoms with Crippen molar-refractivity contribution in [1.29, 1.82) is 0 Å². The maximum Gasteiger partial charge on any atom is 0.191 e. The van der Waals surface area contributed by atoms with Crippen molar-refractivity contribution in [1.82, 2.24) is 0 Å². The van der Waals surface area contributed by atoms with E-state index in [1.54, 1.807) is 31.2 Å². The summed E-state index contributed by atoms with van der Waals surface area (Å²) in [6, 6.07) is 25.5. The molecule has 0 radical (unpaired) electrons. The van der Waals surface area contributed by atoms with E-state index < -0.39 is 14.6 Å². The molecule has 1 aliphatic heterocycles. The smallest absolute Gasteiger partial charge is 0.191 e. The number of Topliss-reactive ketones (excluding diaryl/α,β-unsaturated/α-hetero) is 1. The lowest BCUT2D eigenvalue weighted by Gasteiger charge is -2.35. The molecule has 5 nitrogen and oxygen atoms in total. The van der Waals surface area contributed by atoms with Gasteiger partial charge in [-0.15, -0.1) is 0 Å². The van der Waals surface area contributed by atoms with Crippen molar-refractivity contribution in [2.75, 3.05) is 19.8 Å². The first kappa shape index (κ1) is 26.1. The molecule has 190 valence electrons. The van der Waals surface area contributed by atoms with Crippen LogP contribution in [0.2, 0.25) is 0 Å². The number of benzene rings is 3. The molecule has 0 atom stereocenters. The van der Waals surface area contributed by atoms with Gasteiger partial charge < -0.3 is 9.47 Å². The van der Waals surface area contributed by atoms with Crippen molar-refractivity contribution in [2.24, 2.45) is 0 Å². The summed E-state index contributed by atoms with van der Waals surface area (Å²) in [7, 11) is -3.82. The largest absolute Gasteiger partial charge is 0.494 e. The number of sulfone groups is 1. The van der Waals surface area contributed by atoms with Gasteiger partial charge in [-0.2, -0.15) is 0 Å². The summed E-state index contributed by atoms with van der Waals surface area (Å²) in [5.41, 5.74) is 3.86. The lowest BCUT2D eigenvalue weighted by atomic mass is 9.92. The average molecular weight is 507 g/mol. The molecule has 0 N–H and O–H groups in total. The fourth-order valence-corrected chi connectivity index (χ4v) is 6.95. The van der Waals surface area contributed by atoms with Crippen LogP contribution in [0.15, 0.2) is 83.8 Å². The van der Waals surface area contributed by atoms with Crippen molar-refractivity contribution >= 4 is 15.6 Å². The molecule has 1 fully saturated rings. The monoisotopic (exact) mass is 506 g/mol. The zero-order chi connectivity index (χ0) is 25.4. The fourth-order valence-electron chi connectivity index (χ4n) is 4.85. The summed E-state index contributed by atoms with van der Waals surface area (Å²) in [5, 5.41) is 0. The zero-order valence-corrected chi connectivity index (χ0v) is 21.6. The van der Waals surface area contributed by atoms with Crippen LogP contribution in [0.4, 0.5) is 0 Å². The summed E-state index contributed by atoms with van der Waals surface area (Å²) in [6.45, 7) is 2.80. The Hall–Kier alpha value is -2.96. The van der Waals surface area contributed by atoms with Gasteiger partial charge in [-0.1, -0.05) is 61.5 Å². The van der Waals surface area contributed by atoms with Crippen molar-refractivity contribution in [2.45, 2.75) is 55.1 Å². The number of rotatable bonds is 11. The molecule has 0 spiro atoms. The Morgan fingerprint density at radius 3 is 2.25 bits per heavy atom. The van der Waals surface area contributed by atoms with E-state index in [-0.39, 0.29) is 43.2 Å². The number of ketones is 1. The molecule has 0 aromatic heterocycles. The molecule has 3 aromatic carbocycles. The summed E-state index contributed by atoms with van der Waals surface area (Å²) < 4.78 is 36.8. The minimum atomic E-state index is -3.82. The standard InChI is InChI=1S/C30H34O5S/c1-2-29(31)30(17-20-34-21-18-30)36(32,33)28-15-13-27(14-16-28)35-19-7-12-25-10-6-11-26(23-25)22-24-8-4-3-5-9-24/h3-6,8-11,13-16,23H,2,7,12,17-22H2,1H3. The Balaban J connectivity index is 1.33. The molecule has 1 aliphatic rings. The first-order valence-corrected chi connectivity index (χ1v) is 14.1. The van der Waals surface area contributed by atoms with Crippen LogP contribution in [0.5, 0.6) is 5.75 Å². The van der Waals surface area contributed by atoms with E-state index in [1.807, 2.05) is 6.07 Å². The predicted octanol–water partition coefficient (Wildman–Crippen LogP) is 5.59. The molecular weight excluding hydrogens is 472 g/mol. The summed E-state index contributed by atoms with van der Waals surface area (Å²) in [6.07, 6.45) is 3.26. The van der Waals surface area contributed by atoms with Gasteiger partial charge in [-0.25, -0.2) is 8.42 Å². The van der Waals surface area contributed by atoms with Gasteiger partial charge >= 0.3 is 0 Å². The minimum absolute atomic E-state index is 0.161. The lowest BCUT2D eigenvalue weighted by molar-refractivity contribution is -0.123. The third kappa shape index (κ3) is 5.88. The summed E-state index contributed by atoms with van der Waals surface area (Å²) >= 11 is 0. The molecule has 4 rings (SSSR count). The van der Waals surface area contributed by atoms with Gasteiger partial charge in [0.1, 0.15) is 10.5 Å². The Labute approximate surface area is 214 Å². The second-order valence-corrected chi connectivity index (χ2v) is 11.6. The van der Waals surface area contributed by atoms with Crippen molar-refractivity contribution in [3.63, 3.8) is 0 Å². The fraction of sp³-hybridized carbons (Fsp3) is 0.367. The maximum absolute atomic E-state index is 13.5. The van der Waals surface area contributed by atoms with E-state index in [9.17, 15) is 13.2 Å². The van der Waals surface area contributed by atoms with E-state index in [0.717, 1.165) is 19.3 Å². The summed E-state index contributed by atoms with van der Waals surface area (Å²) in [5.74, 6) is 0.383. The predicted molar refractivity (Wildman–Crippen MR) is 141 cm³/mol. The third-order valence-electron chi connectivity index (χ3n) is 6.90. The van der Waals surface area contributed by atoms with Crippen LogP contribution in [0.3, 0.4) is 0 Å². The Kier molecular flexibility index (Phi) is 8.60. The van der Waals surface area contributed by atoms with E-state index in [2.05, 4.69) is 48.5 Å². The van der Waals surface area contributed by atoms with Crippen LogP contribution < -0.4 is 4.74 Å². The van der Waals surface area contributed by atoms with Gasteiger partial charge in [-0.3, -0.25) is 4.79 Å². The van der Waals surface area contributed by atoms with E-state index in [1.165, 1.54) is 16.7 Å². The number of aryl methyl sites for hydroxylation is 1.